The molecule has 9 nitrogen and oxygen atoms in total. The van der Waals surface area contributed by atoms with E-state index >= 15 is 0 Å². The van der Waals surface area contributed by atoms with Crippen LogP contribution in [-0.4, -0.2) is 53.4 Å². The van der Waals surface area contributed by atoms with Gasteiger partial charge in [0.2, 0.25) is 0 Å². The summed E-state index contributed by atoms with van der Waals surface area (Å²) in [5.41, 5.74) is 3.99. The third-order valence-electron chi connectivity index (χ3n) is 4.68. The average molecular weight is 356 g/mol. The number of rotatable bonds is 3. The predicted octanol–water partition coefficient (Wildman–Crippen LogP) is 0.0267. The van der Waals surface area contributed by atoms with Crippen LogP contribution in [0.5, 0.6) is 0 Å². The molecule has 2 N–H and O–H groups in total. The summed E-state index contributed by atoms with van der Waals surface area (Å²) in [7, 11) is 0. The van der Waals surface area contributed by atoms with Crippen LogP contribution in [0.25, 0.3) is 5.65 Å². The molecule has 0 saturated carbocycles. The maximum atomic E-state index is 12.9. The predicted molar refractivity (Wildman–Crippen MR) is 93.0 cm³/mol. The molecule has 1 amide bonds. The van der Waals surface area contributed by atoms with Crippen molar-refractivity contribution in [2.75, 3.05) is 13.2 Å². The minimum atomic E-state index is -0.170. The van der Waals surface area contributed by atoms with Crippen molar-refractivity contribution in [2.45, 2.75) is 33.4 Å². The smallest absolute Gasteiger partial charge is 0.272 e. The SMILES string of the molecule is Cc1cc2nc(C(=O)N3CCc4c([nH]n(CCO)c4=O)C3)cc(C)n2n1. The Morgan fingerprint density at radius 2 is 2.15 bits per heavy atom. The van der Waals surface area contributed by atoms with E-state index in [1.165, 1.54) is 4.68 Å². The molecule has 4 heterocycles. The maximum Gasteiger partial charge on any atom is 0.272 e. The van der Waals surface area contributed by atoms with Gasteiger partial charge in [-0.15, -0.1) is 0 Å². The Balaban J connectivity index is 1.63. The molecule has 1 aliphatic rings. The lowest BCUT2D eigenvalue weighted by molar-refractivity contribution is 0.0726. The number of hydrogen-bond acceptors (Lipinski definition) is 5. The highest BCUT2D eigenvalue weighted by atomic mass is 16.3. The molecule has 0 atom stereocenters. The van der Waals surface area contributed by atoms with Crippen LogP contribution < -0.4 is 5.56 Å². The Bertz CT molecular complexity index is 1060. The van der Waals surface area contributed by atoms with Crippen LogP contribution in [0, 0.1) is 13.8 Å². The van der Waals surface area contributed by atoms with Gasteiger partial charge in [0.05, 0.1) is 31.1 Å². The molecular weight excluding hydrogens is 336 g/mol. The summed E-state index contributed by atoms with van der Waals surface area (Å²) < 4.78 is 3.11. The van der Waals surface area contributed by atoms with Gasteiger partial charge in [-0.2, -0.15) is 5.10 Å². The maximum absolute atomic E-state index is 12.9. The number of aromatic amines is 1. The summed E-state index contributed by atoms with van der Waals surface area (Å²) in [6.07, 6.45) is 0.488. The number of carbonyl (C=O) groups excluding carboxylic acids is 1. The third-order valence-corrected chi connectivity index (χ3v) is 4.68. The summed E-state index contributed by atoms with van der Waals surface area (Å²) in [6, 6.07) is 3.57. The van der Waals surface area contributed by atoms with Crippen molar-refractivity contribution in [1.29, 1.82) is 0 Å². The van der Waals surface area contributed by atoms with Gasteiger partial charge >= 0.3 is 0 Å². The molecule has 1 aliphatic heterocycles. The van der Waals surface area contributed by atoms with Crippen LogP contribution in [0.3, 0.4) is 0 Å². The zero-order valence-electron chi connectivity index (χ0n) is 14.7. The minimum absolute atomic E-state index is 0.115. The second kappa shape index (κ2) is 6.10. The molecule has 0 fully saturated rings. The molecule has 0 saturated heterocycles. The van der Waals surface area contributed by atoms with Crippen molar-refractivity contribution < 1.29 is 9.90 Å². The van der Waals surface area contributed by atoms with Crippen molar-refractivity contribution >= 4 is 11.6 Å². The molecule has 0 radical (unpaired) electrons. The van der Waals surface area contributed by atoms with Gasteiger partial charge in [-0.3, -0.25) is 19.4 Å². The number of amides is 1. The van der Waals surface area contributed by atoms with Crippen molar-refractivity contribution in [1.82, 2.24) is 29.3 Å². The lowest BCUT2D eigenvalue weighted by atomic mass is 10.1. The van der Waals surface area contributed by atoms with Gasteiger partial charge < -0.3 is 10.0 Å². The van der Waals surface area contributed by atoms with Gasteiger partial charge in [-0.25, -0.2) is 9.50 Å². The minimum Gasteiger partial charge on any atom is -0.394 e. The molecule has 3 aromatic rings. The monoisotopic (exact) mass is 356 g/mol. The fourth-order valence-corrected chi connectivity index (χ4v) is 3.42. The number of fused-ring (bicyclic) bond motifs is 2. The van der Waals surface area contributed by atoms with E-state index < -0.39 is 0 Å². The summed E-state index contributed by atoms with van der Waals surface area (Å²) in [5, 5.41) is 16.4. The zero-order chi connectivity index (χ0) is 18.4. The van der Waals surface area contributed by atoms with Gasteiger partial charge in [0.1, 0.15) is 5.69 Å². The molecule has 4 rings (SSSR count). The third kappa shape index (κ3) is 2.60. The van der Waals surface area contributed by atoms with E-state index in [1.807, 2.05) is 19.9 Å². The normalized spacial score (nSPS) is 14.0. The molecule has 0 bridgehead atoms. The molecule has 136 valence electrons. The first kappa shape index (κ1) is 16.5. The lowest BCUT2D eigenvalue weighted by Crippen LogP contribution is -2.37. The number of H-pyrrole nitrogens is 1. The van der Waals surface area contributed by atoms with E-state index in [2.05, 4.69) is 15.2 Å². The zero-order valence-corrected chi connectivity index (χ0v) is 14.7. The second-order valence-electron chi connectivity index (χ2n) is 6.56. The van der Waals surface area contributed by atoms with E-state index in [1.54, 1.807) is 15.5 Å². The fourth-order valence-electron chi connectivity index (χ4n) is 3.42. The quantitative estimate of drug-likeness (QED) is 0.688. The van der Waals surface area contributed by atoms with Crippen LogP contribution in [0.4, 0.5) is 0 Å². The Kier molecular flexibility index (Phi) is 3.87. The van der Waals surface area contributed by atoms with Gasteiger partial charge in [-0.1, -0.05) is 0 Å². The number of hydrogen-bond donors (Lipinski definition) is 2. The van der Waals surface area contributed by atoms with Crippen LogP contribution in [-0.2, 0) is 19.5 Å². The number of nitrogens with zero attached hydrogens (tertiary/aromatic N) is 5. The standard InChI is InChI=1S/C17H20N6O3/c1-10-7-15-18-13(8-11(2)23(15)19-10)17(26)21-4-3-12-14(9-21)20-22(5-6-24)16(12)25/h7-8,20,24H,3-6,9H2,1-2H3. The van der Waals surface area contributed by atoms with Gasteiger partial charge in [-0.05, 0) is 26.3 Å². The number of aliphatic hydroxyl groups excluding tert-OH is 1. The van der Waals surface area contributed by atoms with E-state index in [4.69, 9.17) is 5.11 Å². The van der Waals surface area contributed by atoms with Crippen LogP contribution in [0.1, 0.15) is 33.1 Å². The fraction of sp³-hybridized carbons (Fsp3) is 0.412. The summed E-state index contributed by atoms with van der Waals surface area (Å²) in [6.45, 7) is 4.66. The van der Waals surface area contributed by atoms with Crippen molar-refractivity contribution in [3.05, 3.63) is 50.8 Å². The van der Waals surface area contributed by atoms with E-state index in [9.17, 15) is 9.59 Å². The Morgan fingerprint density at radius 1 is 1.35 bits per heavy atom. The number of aromatic nitrogens is 5. The molecule has 0 aliphatic carbocycles. The molecule has 9 heteroatoms. The molecule has 0 spiro atoms. The number of aliphatic hydroxyl groups is 1. The van der Waals surface area contributed by atoms with Crippen LogP contribution >= 0.6 is 0 Å². The number of aryl methyl sites for hydroxylation is 2. The van der Waals surface area contributed by atoms with Crippen molar-refractivity contribution in [3.8, 4) is 0 Å². The van der Waals surface area contributed by atoms with Crippen LogP contribution in [0.2, 0.25) is 0 Å². The summed E-state index contributed by atoms with van der Waals surface area (Å²) >= 11 is 0. The molecule has 26 heavy (non-hydrogen) atoms. The molecular formula is C17H20N6O3. The molecule has 0 aromatic carbocycles. The first-order chi connectivity index (χ1) is 12.5. The van der Waals surface area contributed by atoms with Gasteiger partial charge in [0.15, 0.2) is 5.65 Å². The lowest BCUT2D eigenvalue weighted by Gasteiger charge is -2.26. The van der Waals surface area contributed by atoms with Crippen molar-refractivity contribution in [3.63, 3.8) is 0 Å². The summed E-state index contributed by atoms with van der Waals surface area (Å²) in [4.78, 5) is 31.3. The average Bonchev–Trinajstić information content (AvgIpc) is 3.14. The Morgan fingerprint density at radius 3 is 2.92 bits per heavy atom. The molecule has 0 unspecified atom stereocenters. The van der Waals surface area contributed by atoms with E-state index in [0.717, 1.165) is 17.1 Å². The highest BCUT2D eigenvalue weighted by Gasteiger charge is 2.27. The van der Waals surface area contributed by atoms with Crippen molar-refractivity contribution in [2.24, 2.45) is 0 Å². The largest absolute Gasteiger partial charge is 0.394 e. The highest BCUT2D eigenvalue weighted by molar-refractivity contribution is 5.93. The topological polar surface area (TPSA) is 109 Å². The number of carbonyl (C=O) groups is 1. The van der Waals surface area contributed by atoms with E-state index in [-0.39, 0.29) is 24.6 Å². The Hall–Kier alpha value is -2.94. The highest BCUT2D eigenvalue weighted by Crippen LogP contribution is 2.17. The summed E-state index contributed by atoms with van der Waals surface area (Å²) in [5.74, 6) is -0.170. The van der Waals surface area contributed by atoms with Crippen LogP contribution in [0.15, 0.2) is 16.9 Å². The van der Waals surface area contributed by atoms with Gasteiger partial charge in [0.25, 0.3) is 11.5 Å². The molecule has 3 aromatic heterocycles. The second-order valence-corrected chi connectivity index (χ2v) is 6.56. The number of nitrogens with one attached hydrogen (secondary N) is 1. The Labute approximate surface area is 148 Å². The van der Waals surface area contributed by atoms with E-state index in [0.29, 0.717) is 36.4 Å². The van der Waals surface area contributed by atoms with Gasteiger partial charge in [0, 0.05) is 23.9 Å². The first-order valence-corrected chi connectivity index (χ1v) is 8.52. The first-order valence-electron chi connectivity index (χ1n) is 8.52.